The molecule has 24 heavy (non-hydrogen) atoms. The number of rotatable bonds is 6. The van der Waals surface area contributed by atoms with E-state index in [9.17, 15) is 0 Å². The maximum atomic E-state index is 6.05. The Hall–Kier alpha value is -2.38. The predicted molar refractivity (Wildman–Crippen MR) is 90.9 cm³/mol. The fraction of sp³-hybridized carbons (Fsp3) is 0.412. The second-order valence-electron chi connectivity index (χ2n) is 5.60. The van der Waals surface area contributed by atoms with Gasteiger partial charge < -0.3 is 25.3 Å². The fourth-order valence-electron chi connectivity index (χ4n) is 2.63. The highest BCUT2D eigenvalue weighted by atomic mass is 16.5. The number of benzene rings is 1. The van der Waals surface area contributed by atoms with Crippen molar-refractivity contribution in [2.24, 2.45) is 0 Å². The van der Waals surface area contributed by atoms with E-state index < -0.39 is 0 Å². The van der Waals surface area contributed by atoms with Crippen molar-refractivity contribution in [1.82, 2.24) is 9.97 Å². The monoisotopic (exact) mass is 330 g/mol. The summed E-state index contributed by atoms with van der Waals surface area (Å²) < 4.78 is 16.7. The van der Waals surface area contributed by atoms with Gasteiger partial charge in [-0.2, -0.15) is 9.97 Å². The highest BCUT2D eigenvalue weighted by molar-refractivity contribution is 5.43. The zero-order valence-corrected chi connectivity index (χ0v) is 13.6. The summed E-state index contributed by atoms with van der Waals surface area (Å²) in [6, 6.07) is 11.9. The molecule has 128 valence electrons. The van der Waals surface area contributed by atoms with Crippen LogP contribution in [-0.2, 0) is 16.1 Å². The van der Waals surface area contributed by atoms with E-state index in [0.29, 0.717) is 31.5 Å². The van der Waals surface area contributed by atoms with Gasteiger partial charge in [0.2, 0.25) is 11.8 Å². The summed E-state index contributed by atoms with van der Waals surface area (Å²) in [7, 11) is 1.55. The molecule has 3 rings (SSSR count). The van der Waals surface area contributed by atoms with E-state index in [4.69, 9.17) is 19.9 Å². The number of nitrogens with zero attached hydrogens (tertiary/aromatic N) is 2. The molecule has 0 radical (unpaired) electrons. The Labute approximate surface area is 141 Å². The molecule has 1 aromatic heterocycles. The van der Waals surface area contributed by atoms with Crippen molar-refractivity contribution in [1.29, 1.82) is 0 Å². The minimum atomic E-state index is -0.0684. The van der Waals surface area contributed by atoms with Crippen molar-refractivity contribution >= 4 is 11.8 Å². The van der Waals surface area contributed by atoms with Crippen LogP contribution < -0.4 is 15.8 Å². The van der Waals surface area contributed by atoms with Gasteiger partial charge in [0.05, 0.1) is 26.4 Å². The largest absolute Gasteiger partial charge is 0.481 e. The number of anilines is 2. The summed E-state index contributed by atoms with van der Waals surface area (Å²) in [4.78, 5) is 8.20. The first-order valence-corrected chi connectivity index (χ1v) is 7.93. The smallest absolute Gasteiger partial charge is 0.225 e. The predicted octanol–water partition coefficient (Wildman–Crippen LogP) is 1.85. The number of nitrogens with one attached hydrogen (secondary N) is 1. The highest BCUT2D eigenvalue weighted by Crippen LogP contribution is 2.20. The molecule has 1 saturated heterocycles. The Morgan fingerprint density at radius 2 is 2.12 bits per heavy atom. The lowest BCUT2D eigenvalue weighted by Gasteiger charge is -2.32. The van der Waals surface area contributed by atoms with Crippen molar-refractivity contribution in [3.8, 4) is 5.88 Å². The van der Waals surface area contributed by atoms with Crippen molar-refractivity contribution in [2.45, 2.75) is 25.2 Å². The molecule has 0 saturated carbocycles. The Bertz CT molecular complexity index is 654. The Kier molecular flexibility index (Phi) is 5.45. The molecule has 0 spiro atoms. The van der Waals surface area contributed by atoms with E-state index in [2.05, 4.69) is 15.3 Å². The molecule has 1 aliphatic heterocycles. The molecule has 7 heteroatoms. The van der Waals surface area contributed by atoms with Crippen LogP contribution in [0.15, 0.2) is 36.4 Å². The lowest BCUT2D eigenvalue weighted by Crippen LogP contribution is -2.43. The molecular formula is C17H22N4O3. The molecular weight excluding hydrogens is 308 g/mol. The van der Waals surface area contributed by atoms with Gasteiger partial charge in [-0.15, -0.1) is 0 Å². The summed E-state index contributed by atoms with van der Waals surface area (Å²) in [5.41, 5.74) is 6.85. The van der Waals surface area contributed by atoms with E-state index >= 15 is 0 Å². The molecule has 3 N–H and O–H groups in total. The van der Waals surface area contributed by atoms with Crippen molar-refractivity contribution in [3.63, 3.8) is 0 Å². The van der Waals surface area contributed by atoms with Crippen molar-refractivity contribution in [3.05, 3.63) is 42.0 Å². The average Bonchev–Trinajstić information content (AvgIpc) is 2.61. The molecule has 0 aliphatic carbocycles. The quantitative estimate of drug-likeness (QED) is 0.835. The Balaban J connectivity index is 1.65. The first-order valence-electron chi connectivity index (χ1n) is 7.93. The van der Waals surface area contributed by atoms with Gasteiger partial charge in [-0.1, -0.05) is 30.3 Å². The molecule has 0 amide bonds. The van der Waals surface area contributed by atoms with E-state index in [1.807, 2.05) is 30.3 Å². The van der Waals surface area contributed by atoms with Crippen LogP contribution in [0, 0.1) is 0 Å². The summed E-state index contributed by atoms with van der Waals surface area (Å²) in [6.07, 6.45) is 0.757. The van der Waals surface area contributed by atoms with E-state index in [1.54, 1.807) is 13.2 Å². The van der Waals surface area contributed by atoms with Crippen molar-refractivity contribution in [2.75, 3.05) is 31.4 Å². The zero-order chi connectivity index (χ0) is 16.8. The molecule has 2 heterocycles. The highest BCUT2D eigenvalue weighted by Gasteiger charge is 2.27. The van der Waals surface area contributed by atoms with Crippen LogP contribution in [0.4, 0.5) is 11.8 Å². The fourth-order valence-corrected chi connectivity index (χ4v) is 2.63. The minimum Gasteiger partial charge on any atom is -0.481 e. The van der Waals surface area contributed by atoms with Gasteiger partial charge in [0.15, 0.2) is 0 Å². The summed E-state index contributed by atoms with van der Waals surface area (Å²) in [5.74, 6) is 1.23. The van der Waals surface area contributed by atoms with Crippen LogP contribution in [0.1, 0.15) is 12.0 Å². The number of nitrogens with two attached hydrogens (primary N) is 1. The van der Waals surface area contributed by atoms with Crippen LogP contribution in [0.2, 0.25) is 0 Å². The second kappa shape index (κ2) is 7.94. The molecule has 1 fully saturated rings. The molecule has 2 atom stereocenters. The third-order valence-corrected chi connectivity index (χ3v) is 3.87. The zero-order valence-electron chi connectivity index (χ0n) is 13.6. The number of nitrogen functional groups attached to an aromatic ring is 1. The van der Waals surface area contributed by atoms with E-state index in [1.165, 1.54) is 0 Å². The third kappa shape index (κ3) is 4.33. The van der Waals surface area contributed by atoms with E-state index in [0.717, 1.165) is 12.0 Å². The van der Waals surface area contributed by atoms with Gasteiger partial charge in [0, 0.05) is 12.7 Å². The molecule has 2 aromatic rings. The van der Waals surface area contributed by atoms with Gasteiger partial charge in [0.25, 0.3) is 0 Å². The van der Waals surface area contributed by atoms with Gasteiger partial charge >= 0.3 is 0 Å². The van der Waals surface area contributed by atoms with Crippen LogP contribution in [0.5, 0.6) is 5.88 Å². The maximum Gasteiger partial charge on any atom is 0.225 e. The van der Waals surface area contributed by atoms with Crippen molar-refractivity contribution < 1.29 is 14.2 Å². The van der Waals surface area contributed by atoms with Gasteiger partial charge in [-0.25, -0.2) is 0 Å². The molecule has 0 unspecified atom stereocenters. The Morgan fingerprint density at radius 1 is 1.29 bits per heavy atom. The number of hydrogen-bond acceptors (Lipinski definition) is 7. The number of hydrogen-bond donors (Lipinski definition) is 2. The lowest BCUT2D eigenvalue weighted by atomic mass is 10.1. The summed E-state index contributed by atoms with van der Waals surface area (Å²) in [5, 5.41) is 3.37. The van der Waals surface area contributed by atoms with Gasteiger partial charge in [-0.05, 0) is 12.0 Å². The summed E-state index contributed by atoms with van der Waals surface area (Å²) >= 11 is 0. The molecule has 1 aromatic carbocycles. The van der Waals surface area contributed by atoms with Crippen LogP contribution in [-0.4, -0.2) is 42.4 Å². The first kappa shape index (κ1) is 16.5. The Morgan fingerprint density at radius 3 is 2.92 bits per heavy atom. The number of aromatic nitrogens is 2. The standard InChI is InChI=1S/C17H22N4O3/c1-22-16-9-15(20-17(18)21-16)19-13-7-8-23-11-14(13)24-10-12-5-3-2-4-6-12/h2-6,9,13-14H,7-8,10-11H2,1H3,(H3,18,19,20,21)/t13-,14-/m1/s1. The lowest BCUT2D eigenvalue weighted by molar-refractivity contribution is -0.0637. The second-order valence-corrected chi connectivity index (χ2v) is 5.60. The number of ether oxygens (including phenoxy) is 3. The molecule has 1 aliphatic rings. The first-order chi connectivity index (χ1) is 11.7. The topological polar surface area (TPSA) is 91.5 Å². The molecule has 0 bridgehead atoms. The van der Waals surface area contributed by atoms with E-state index in [-0.39, 0.29) is 18.1 Å². The summed E-state index contributed by atoms with van der Waals surface area (Å²) in [6.45, 7) is 1.77. The molecule has 7 nitrogen and oxygen atoms in total. The van der Waals surface area contributed by atoms with Gasteiger partial charge in [0.1, 0.15) is 11.9 Å². The maximum absolute atomic E-state index is 6.05. The SMILES string of the molecule is COc1cc(N[C@@H]2CCOC[C@H]2OCc2ccccc2)nc(N)n1. The average molecular weight is 330 g/mol. The van der Waals surface area contributed by atoms with Crippen LogP contribution >= 0.6 is 0 Å². The third-order valence-electron chi connectivity index (χ3n) is 3.87. The van der Waals surface area contributed by atoms with Crippen LogP contribution in [0.25, 0.3) is 0 Å². The normalized spacial score (nSPS) is 20.5. The minimum absolute atomic E-state index is 0.0684. The van der Waals surface area contributed by atoms with Crippen LogP contribution in [0.3, 0.4) is 0 Å². The number of methoxy groups -OCH3 is 1. The van der Waals surface area contributed by atoms with Gasteiger partial charge in [-0.3, -0.25) is 0 Å².